The number of phosphoric acid groups is 1. The van der Waals surface area contributed by atoms with Gasteiger partial charge in [0.25, 0.3) is 7.82 Å². The van der Waals surface area contributed by atoms with Gasteiger partial charge >= 0.3 is 0 Å². The van der Waals surface area contributed by atoms with Gasteiger partial charge in [-0.05, 0) is 25.7 Å². The van der Waals surface area contributed by atoms with Gasteiger partial charge in [-0.2, -0.15) is 0 Å². The lowest BCUT2D eigenvalue weighted by Gasteiger charge is -2.22. The minimum atomic E-state index is -4.00. The lowest BCUT2D eigenvalue weighted by atomic mass is 10.1. The Hall–Kier alpha value is -0.680. The molecule has 0 fully saturated rings. The quantitative estimate of drug-likeness (QED) is 0.240. The second-order valence-electron chi connectivity index (χ2n) is 6.91. The van der Waals surface area contributed by atoms with Crippen LogP contribution in [0.5, 0.6) is 0 Å². The molecule has 0 aliphatic carbocycles. The van der Waals surface area contributed by atoms with Crippen molar-refractivity contribution < 1.29 is 23.1 Å². The molecule has 0 atom stereocenters. The Morgan fingerprint density at radius 1 is 0.889 bits per heavy atom. The number of aromatic nitrogens is 2. The van der Waals surface area contributed by atoms with Crippen LogP contribution in [-0.4, -0.2) is 17.8 Å². The molecule has 27 heavy (non-hydrogen) atoms. The first-order valence-corrected chi connectivity index (χ1v) is 12.0. The summed E-state index contributed by atoms with van der Waals surface area (Å²) in [4.78, 5) is 11.0. The van der Waals surface area contributed by atoms with Crippen LogP contribution in [0.25, 0.3) is 0 Å². The second-order valence-corrected chi connectivity index (χ2v) is 8.32. The van der Waals surface area contributed by atoms with Crippen LogP contribution in [0.1, 0.15) is 85.0 Å². The van der Waals surface area contributed by atoms with E-state index in [1.54, 1.807) is 0 Å². The summed E-state index contributed by atoms with van der Waals surface area (Å²) in [7, 11) is -1.93. The first-order valence-electron chi connectivity index (χ1n) is 10.6. The normalized spacial score (nSPS) is 11.3. The Morgan fingerprint density at radius 3 is 1.89 bits per heavy atom. The van der Waals surface area contributed by atoms with Gasteiger partial charge in [-0.3, -0.25) is 4.57 Å². The molecule has 7 heteroatoms. The summed E-state index contributed by atoms with van der Waals surface area (Å²) in [6.45, 7) is 7.83. The van der Waals surface area contributed by atoms with Gasteiger partial charge in [-0.1, -0.05) is 59.3 Å². The van der Waals surface area contributed by atoms with Crippen molar-refractivity contribution >= 4 is 7.82 Å². The average Bonchev–Trinajstić information content (AvgIpc) is 3.04. The molecular formula is C20H41N2O4P. The molecule has 160 valence electrons. The van der Waals surface area contributed by atoms with E-state index in [9.17, 15) is 9.46 Å². The maximum Gasteiger partial charge on any atom is 0.267 e. The molecule has 0 bridgehead atoms. The monoisotopic (exact) mass is 404 g/mol. The molecule has 0 N–H and O–H groups in total. The number of phosphoric ester groups is 1. The fourth-order valence-corrected chi connectivity index (χ4v) is 3.17. The predicted molar refractivity (Wildman–Crippen MR) is 108 cm³/mol. The van der Waals surface area contributed by atoms with Crippen LogP contribution in [0, 0.1) is 0 Å². The second kappa shape index (κ2) is 17.4. The lowest BCUT2D eigenvalue weighted by molar-refractivity contribution is -0.671. The molecular weight excluding hydrogens is 363 g/mol. The molecule has 0 aromatic carbocycles. The third-order valence-corrected chi connectivity index (χ3v) is 5.09. The summed E-state index contributed by atoms with van der Waals surface area (Å²) < 4.78 is 24.5. The topological polar surface area (TPSA) is 67.4 Å². The van der Waals surface area contributed by atoms with E-state index in [0.29, 0.717) is 0 Å². The zero-order chi connectivity index (χ0) is 20.4. The van der Waals surface area contributed by atoms with Crippen molar-refractivity contribution in [2.24, 2.45) is 7.05 Å². The number of aryl methyl sites for hydroxylation is 2. The van der Waals surface area contributed by atoms with E-state index in [0.717, 1.165) is 25.7 Å². The molecule has 1 heterocycles. The molecule has 0 amide bonds. The maximum absolute atomic E-state index is 11.0. The highest BCUT2D eigenvalue weighted by atomic mass is 31.2. The van der Waals surface area contributed by atoms with Crippen LogP contribution in [0.2, 0.25) is 0 Å². The highest BCUT2D eigenvalue weighted by Gasteiger charge is 2.07. The SMILES string of the molecule is CCCCCCCCn1cc[n+](C)c1.CCCCOP(=O)([O-])OCCCC. The number of hydrogen-bond donors (Lipinski definition) is 0. The maximum atomic E-state index is 11.0. The van der Waals surface area contributed by atoms with Crippen LogP contribution in [0.15, 0.2) is 18.7 Å². The Kier molecular flexibility index (Phi) is 17.0. The number of rotatable bonds is 15. The van der Waals surface area contributed by atoms with Crippen molar-refractivity contribution in [1.82, 2.24) is 4.57 Å². The van der Waals surface area contributed by atoms with Crippen LogP contribution in [0.3, 0.4) is 0 Å². The van der Waals surface area contributed by atoms with E-state index in [1.807, 2.05) is 13.8 Å². The Labute approximate surface area is 166 Å². The summed E-state index contributed by atoms with van der Waals surface area (Å²) >= 11 is 0. The Morgan fingerprint density at radius 2 is 1.41 bits per heavy atom. The number of unbranched alkanes of at least 4 members (excludes halogenated alkanes) is 7. The molecule has 6 nitrogen and oxygen atoms in total. The largest absolute Gasteiger partial charge is 0.756 e. The van der Waals surface area contributed by atoms with E-state index in [4.69, 9.17) is 0 Å². The molecule has 1 rings (SSSR count). The van der Waals surface area contributed by atoms with Crippen molar-refractivity contribution in [3.63, 3.8) is 0 Å². The third kappa shape index (κ3) is 17.2. The number of imidazole rings is 1. The molecule has 1 aromatic rings. The fraction of sp³-hybridized carbons (Fsp3) is 0.850. The van der Waals surface area contributed by atoms with Crippen LogP contribution in [0.4, 0.5) is 0 Å². The van der Waals surface area contributed by atoms with Gasteiger partial charge < -0.3 is 13.9 Å². The number of hydrogen-bond acceptors (Lipinski definition) is 4. The molecule has 0 aliphatic rings. The van der Waals surface area contributed by atoms with E-state index in [-0.39, 0.29) is 13.2 Å². The van der Waals surface area contributed by atoms with E-state index in [2.05, 4.69) is 50.9 Å². The smallest absolute Gasteiger partial charge is 0.267 e. The minimum absolute atomic E-state index is 0.226. The summed E-state index contributed by atoms with van der Waals surface area (Å²) in [5.41, 5.74) is 0. The van der Waals surface area contributed by atoms with Gasteiger partial charge in [0.2, 0.25) is 6.33 Å². The summed E-state index contributed by atoms with van der Waals surface area (Å²) in [6.07, 6.45) is 17.9. The summed E-state index contributed by atoms with van der Waals surface area (Å²) in [5, 5.41) is 0. The average molecular weight is 405 g/mol. The van der Waals surface area contributed by atoms with Crippen molar-refractivity contribution in [2.75, 3.05) is 13.2 Å². The van der Waals surface area contributed by atoms with Crippen molar-refractivity contribution in [1.29, 1.82) is 0 Å². The van der Waals surface area contributed by atoms with Gasteiger partial charge in [0.05, 0.1) is 26.8 Å². The first kappa shape index (κ1) is 26.3. The molecule has 0 spiro atoms. The van der Waals surface area contributed by atoms with Crippen molar-refractivity contribution in [3.05, 3.63) is 18.7 Å². The molecule has 1 aromatic heterocycles. The predicted octanol–water partition coefficient (Wildman–Crippen LogP) is 4.76. The summed E-state index contributed by atoms with van der Waals surface area (Å²) in [6, 6.07) is 0. The molecule has 0 radical (unpaired) electrons. The van der Waals surface area contributed by atoms with Crippen LogP contribution < -0.4 is 9.46 Å². The van der Waals surface area contributed by atoms with Gasteiger partial charge in [0.1, 0.15) is 12.4 Å². The van der Waals surface area contributed by atoms with Crippen molar-refractivity contribution in [2.45, 2.75) is 91.5 Å². The van der Waals surface area contributed by atoms with Crippen LogP contribution in [-0.2, 0) is 27.2 Å². The molecule has 0 saturated carbocycles. The van der Waals surface area contributed by atoms with Gasteiger partial charge in [-0.25, -0.2) is 9.13 Å². The third-order valence-electron chi connectivity index (χ3n) is 4.09. The van der Waals surface area contributed by atoms with E-state index in [1.165, 1.54) is 45.1 Å². The Balaban J connectivity index is 0.000000503. The number of nitrogens with zero attached hydrogens (tertiary/aromatic N) is 2. The van der Waals surface area contributed by atoms with Crippen LogP contribution >= 0.6 is 7.82 Å². The highest BCUT2D eigenvalue weighted by Crippen LogP contribution is 2.38. The minimum Gasteiger partial charge on any atom is -0.756 e. The lowest BCUT2D eigenvalue weighted by Crippen LogP contribution is -2.23. The van der Waals surface area contributed by atoms with Gasteiger partial charge in [-0.15, -0.1) is 0 Å². The molecule has 0 saturated heterocycles. The van der Waals surface area contributed by atoms with Gasteiger partial charge in [0.15, 0.2) is 0 Å². The van der Waals surface area contributed by atoms with Gasteiger partial charge in [0, 0.05) is 0 Å². The van der Waals surface area contributed by atoms with E-state index < -0.39 is 7.82 Å². The highest BCUT2D eigenvalue weighted by molar-refractivity contribution is 7.45. The molecule has 0 aliphatic heterocycles. The zero-order valence-corrected chi connectivity index (χ0v) is 18.8. The Bertz CT molecular complexity index is 480. The first-order chi connectivity index (χ1) is 12.9. The molecule has 0 unspecified atom stereocenters. The van der Waals surface area contributed by atoms with Crippen molar-refractivity contribution in [3.8, 4) is 0 Å². The fourth-order valence-electron chi connectivity index (χ4n) is 2.39. The zero-order valence-electron chi connectivity index (χ0n) is 17.9. The summed E-state index contributed by atoms with van der Waals surface area (Å²) in [5.74, 6) is 0. The standard InChI is InChI=1S/C12H23N2.C8H19O4P/c1-3-4-5-6-7-8-9-14-11-10-13(2)12-14;1-3-5-7-11-13(9,10)12-8-6-4-2/h10-12H,3-9H2,1-2H3;3-8H2,1-2H3,(H,9,10)/q+1;/p-1. The van der Waals surface area contributed by atoms with E-state index >= 15 is 0 Å².